The van der Waals surface area contributed by atoms with Crippen molar-refractivity contribution in [3.63, 3.8) is 0 Å². The predicted octanol–water partition coefficient (Wildman–Crippen LogP) is 2.00. The van der Waals surface area contributed by atoms with Gasteiger partial charge in [-0.2, -0.15) is 0 Å². The summed E-state index contributed by atoms with van der Waals surface area (Å²) in [6, 6.07) is 0.918. The fourth-order valence-electron chi connectivity index (χ4n) is 1.88. The molecule has 1 nitrogen and oxygen atoms in total. The van der Waals surface area contributed by atoms with Crippen molar-refractivity contribution in [3.05, 3.63) is 0 Å². The molecule has 1 saturated carbocycles. The minimum absolute atomic E-state index is 0.918. The number of thiol groups is 1. The summed E-state index contributed by atoms with van der Waals surface area (Å²) in [6.45, 7) is 3.57. The molecule has 0 aromatic heterocycles. The van der Waals surface area contributed by atoms with Crippen molar-refractivity contribution in [2.75, 3.05) is 12.8 Å². The first kappa shape index (κ1) is 9.40. The third-order valence-corrected chi connectivity index (χ3v) is 3.50. The zero-order chi connectivity index (χ0) is 8.10. The first-order valence-electron chi connectivity index (χ1n) is 4.75. The lowest BCUT2D eigenvalue weighted by Crippen LogP contribution is -2.32. The Balaban J connectivity index is 2.27. The summed E-state index contributed by atoms with van der Waals surface area (Å²) in [4.78, 5) is 0. The molecule has 1 fully saturated rings. The van der Waals surface area contributed by atoms with Crippen molar-refractivity contribution in [3.8, 4) is 0 Å². The molecule has 0 aromatic carbocycles. The third kappa shape index (κ3) is 2.68. The van der Waals surface area contributed by atoms with E-state index >= 15 is 0 Å². The Morgan fingerprint density at radius 1 is 1.36 bits per heavy atom. The van der Waals surface area contributed by atoms with Gasteiger partial charge in [-0.25, -0.2) is 0 Å². The maximum absolute atomic E-state index is 2.62. The number of rotatable bonds is 4. The van der Waals surface area contributed by atoms with Crippen molar-refractivity contribution in [1.82, 2.24) is 4.31 Å². The average Bonchev–Trinajstić information content (AvgIpc) is 2.52. The van der Waals surface area contributed by atoms with Gasteiger partial charge in [-0.05, 0) is 19.3 Å². The number of hydrogen-bond acceptors (Lipinski definition) is 1. The van der Waals surface area contributed by atoms with Crippen molar-refractivity contribution >= 4 is 11.9 Å². The minimum atomic E-state index is 0.918. The van der Waals surface area contributed by atoms with Crippen molar-refractivity contribution < 1.29 is 0 Å². The van der Waals surface area contributed by atoms with Gasteiger partial charge in [0, 0.05) is 6.54 Å². The highest BCUT2D eigenvalue weighted by molar-refractivity contribution is 7.75. The lowest BCUT2D eigenvalue weighted by molar-refractivity contribution is 0.356. The average molecular weight is 174 g/mol. The standard InChI is InChI=1S/C9H19NS/c1-3-8-10(11-2)9-6-4-5-7-9/h9H,3-8H2,1-2H3/p+1. The van der Waals surface area contributed by atoms with Crippen LogP contribution in [0.2, 0.25) is 0 Å². The Bertz CT molecular complexity index is 99.7. The largest absolute Gasteiger partial charge is 0.125 e. The molecule has 1 rings (SSSR count). The van der Waals surface area contributed by atoms with Crippen LogP contribution in [0.5, 0.6) is 0 Å². The van der Waals surface area contributed by atoms with E-state index in [1.165, 1.54) is 50.6 Å². The van der Waals surface area contributed by atoms with Gasteiger partial charge in [0.15, 0.2) is 0 Å². The van der Waals surface area contributed by atoms with Crippen molar-refractivity contribution in [2.45, 2.75) is 45.1 Å². The van der Waals surface area contributed by atoms with Crippen molar-refractivity contribution in [1.29, 1.82) is 0 Å². The molecule has 0 N–H and O–H groups in total. The lowest BCUT2D eigenvalue weighted by Gasteiger charge is -2.18. The van der Waals surface area contributed by atoms with Gasteiger partial charge in [-0.1, -0.05) is 19.8 Å². The fraction of sp³-hybridized carbons (Fsp3) is 1.00. The molecule has 0 bridgehead atoms. The maximum Gasteiger partial charge on any atom is 0.115 e. The van der Waals surface area contributed by atoms with Gasteiger partial charge in [0.2, 0.25) is 0 Å². The summed E-state index contributed by atoms with van der Waals surface area (Å²) in [7, 11) is 0. The molecule has 66 valence electrons. The summed E-state index contributed by atoms with van der Waals surface area (Å²) >= 11 is 1.47. The highest BCUT2D eigenvalue weighted by atomic mass is 32.2. The molecule has 0 aromatic rings. The molecule has 0 heterocycles. The van der Waals surface area contributed by atoms with E-state index in [9.17, 15) is 0 Å². The summed E-state index contributed by atoms with van der Waals surface area (Å²) < 4.78 is 2.62. The summed E-state index contributed by atoms with van der Waals surface area (Å²) in [5.41, 5.74) is 0. The van der Waals surface area contributed by atoms with Crippen molar-refractivity contribution in [2.24, 2.45) is 0 Å². The van der Waals surface area contributed by atoms with E-state index in [-0.39, 0.29) is 0 Å². The van der Waals surface area contributed by atoms with E-state index in [1.807, 2.05) is 0 Å². The van der Waals surface area contributed by atoms with Crippen LogP contribution in [-0.4, -0.2) is 23.1 Å². The van der Waals surface area contributed by atoms with E-state index in [2.05, 4.69) is 17.5 Å². The zero-order valence-electron chi connectivity index (χ0n) is 7.71. The first-order valence-corrected chi connectivity index (χ1v) is 6.04. The fourth-order valence-corrected chi connectivity index (χ4v) is 2.83. The van der Waals surface area contributed by atoms with E-state index in [4.69, 9.17) is 0 Å². The molecule has 1 aliphatic carbocycles. The molecule has 0 spiro atoms. The number of hydrogen-bond donors (Lipinski definition) is 0. The molecule has 1 aliphatic rings. The van der Waals surface area contributed by atoms with Gasteiger partial charge < -0.3 is 0 Å². The highest BCUT2D eigenvalue weighted by Crippen LogP contribution is 2.23. The SMILES string of the molecule is CCCN([SH+]C)C1CCCC1. The highest BCUT2D eigenvalue weighted by Gasteiger charge is 2.25. The monoisotopic (exact) mass is 174 g/mol. The van der Waals surface area contributed by atoms with Crippen LogP contribution in [0.25, 0.3) is 0 Å². The van der Waals surface area contributed by atoms with Crippen LogP contribution in [0.3, 0.4) is 0 Å². The smallest absolute Gasteiger partial charge is 0.115 e. The Labute approximate surface area is 74.7 Å². The molecule has 0 amide bonds. The Hall–Kier alpha value is 0.310. The molecule has 0 aliphatic heterocycles. The van der Waals surface area contributed by atoms with E-state index in [0.29, 0.717) is 0 Å². The molecule has 0 atom stereocenters. The van der Waals surface area contributed by atoms with E-state index < -0.39 is 0 Å². The summed E-state index contributed by atoms with van der Waals surface area (Å²) in [5.74, 6) is 0. The first-order chi connectivity index (χ1) is 5.38. The molecule has 0 radical (unpaired) electrons. The molecule has 0 saturated heterocycles. The minimum Gasteiger partial charge on any atom is -0.125 e. The number of nitrogens with zero attached hydrogens (tertiary/aromatic N) is 1. The molecular formula is C9H20NS+. The maximum atomic E-state index is 2.62. The Morgan fingerprint density at radius 3 is 2.45 bits per heavy atom. The molecule has 2 heteroatoms. The second-order valence-electron chi connectivity index (χ2n) is 3.30. The van der Waals surface area contributed by atoms with Gasteiger partial charge in [-0.3, -0.25) is 0 Å². The van der Waals surface area contributed by atoms with Crippen LogP contribution < -0.4 is 0 Å². The lowest BCUT2D eigenvalue weighted by atomic mass is 10.2. The second kappa shape index (κ2) is 5.04. The van der Waals surface area contributed by atoms with Gasteiger partial charge in [0.05, 0.1) is 18.0 Å². The second-order valence-corrected chi connectivity index (χ2v) is 4.22. The normalized spacial score (nSPS) is 19.9. The molecular weight excluding hydrogens is 154 g/mol. The van der Waals surface area contributed by atoms with E-state index in [0.717, 1.165) is 6.04 Å². The Kier molecular flexibility index (Phi) is 4.31. The van der Waals surface area contributed by atoms with Crippen LogP contribution >= 0.6 is 0 Å². The van der Waals surface area contributed by atoms with Crippen LogP contribution in [0.15, 0.2) is 0 Å². The molecule has 11 heavy (non-hydrogen) atoms. The van der Waals surface area contributed by atoms with Crippen LogP contribution in [0.1, 0.15) is 39.0 Å². The Morgan fingerprint density at radius 2 is 2.00 bits per heavy atom. The third-order valence-electron chi connectivity index (χ3n) is 2.46. The van der Waals surface area contributed by atoms with Gasteiger partial charge >= 0.3 is 0 Å². The topological polar surface area (TPSA) is 3.24 Å². The van der Waals surface area contributed by atoms with Gasteiger partial charge in [0.1, 0.15) is 6.26 Å². The summed E-state index contributed by atoms with van der Waals surface area (Å²) in [5, 5.41) is 0. The van der Waals surface area contributed by atoms with Crippen LogP contribution in [-0.2, 0) is 11.9 Å². The zero-order valence-corrected chi connectivity index (χ0v) is 8.61. The van der Waals surface area contributed by atoms with Gasteiger partial charge in [-0.15, -0.1) is 4.31 Å². The van der Waals surface area contributed by atoms with Crippen LogP contribution in [0, 0.1) is 0 Å². The quantitative estimate of drug-likeness (QED) is 0.465. The molecule has 0 unspecified atom stereocenters. The predicted molar refractivity (Wildman–Crippen MR) is 53.9 cm³/mol. The van der Waals surface area contributed by atoms with Gasteiger partial charge in [0.25, 0.3) is 0 Å². The van der Waals surface area contributed by atoms with E-state index in [1.54, 1.807) is 0 Å². The summed E-state index contributed by atoms with van der Waals surface area (Å²) in [6.07, 6.45) is 9.37. The van der Waals surface area contributed by atoms with Crippen LogP contribution in [0.4, 0.5) is 0 Å².